The first-order chi connectivity index (χ1) is 6.39. The van der Waals surface area contributed by atoms with Crippen molar-refractivity contribution in [1.82, 2.24) is 4.90 Å². The second kappa shape index (κ2) is 6.38. The van der Waals surface area contributed by atoms with E-state index in [-0.39, 0.29) is 0 Å². The first-order valence-corrected chi connectivity index (χ1v) is 5.54. The van der Waals surface area contributed by atoms with E-state index in [1.165, 1.54) is 0 Å². The van der Waals surface area contributed by atoms with Crippen LogP contribution in [0.3, 0.4) is 0 Å². The summed E-state index contributed by atoms with van der Waals surface area (Å²) in [5, 5.41) is 9.60. The molecule has 1 unspecified atom stereocenters. The average molecular weight is 202 g/mol. The van der Waals surface area contributed by atoms with E-state index in [1.807, 2.05) is 13.8 Å². The SMILES string of the molecule is CCN(CCC(C)(C)O)CC(C)CN. The maximum Gasteiger partial charge on any atom is 0.0603 e. The molecule has 0 aromatic heterocycles. The van der Waals surface area contributed by atoms with E-state index in [1.54, 1.807) is 0 Å². The van der Waals surface area contributed by atoms with Gasteiger partial charge in [-0.1, -0.05) is 13.8 Å². The van der Waals surface area contributed by atoms with Crippen molar-refractivity contribution in [1.29, 1.82) is 0 Å². The highest BCUT2D eigenvalue weighted by Gasteiger charge is 2.15. The van der Waals surface area contributed by atoms with E-state index in [0.29, 0.717) is 5.92 Å². The molecule has 0 fully saturated rings. The zero-order valence-electron chi connectivity index (χ0n) is 10.1. The molecule has 0 amide bonds. The van der Waals surface area contributed by atoms with Crippen LogP contribution in [0.5, 0.6) is 0 Å². The van der Waals surface area contributed by atoms with E-state index in [0.717, 1.165) is 32.6 Å². The Morgan fingerprint density at radius 2 is 2.00 bits per heavy atom. The predicted molar refractivity (Wildman–Crippen MR) is 61.2 cm³/mol. The Labute approximate surface area is 88.3 Å². The van der Waals surface area contributed by atoms with Crippen molar-refractivity contribution < 1.29 is 5.11 Å². The normalized spacial score (nSPS) is 14.8. The topological polar surface area (TPSA) is 49.5 Å². The van der Waals surface area contributed by atoms with Crippen LogP contribution in [0.15, 0.2) is 0 Å². The molecular formula is C11H26N2O. The number of nitrogens with two attached hydrogens (primary N) is 1. The van der Waals surface area contributed by atoms with Gasteiger partial charge in [-0.15, -0.1) is 0 Å². The summed E-state index contributed by atoms with van der Waals surface area (Å²) < 4.78 is 0. The fourth-order valence-electron chi connectivity index (χ4n) is 1.33. The van der Waals surface area contributed by atoms with Crippen LogP contribution in [0.4, 0.5) is 0 Å². The molecule has 0 aromatic rings. The molecule has 0 radical (unpaired) electrons. The zero-order valence-corrected chi connectivity index (χ0v) is 10.1. The second-order valence-electron chi connectivity index (χ2n) is 4.80. The first-order valence-electron chi connectivity index (χ1n) is 5.54. The minimum Gasteiger partial charge on any atom is -0.390 e. The van der Waals surface area contributed by atoms with Crippen LogP contribution in [0, 0.1) is 5.92 Å². The number of hydrogen-bond donors (Lipinski definition) is 2. The van der Waals surface area contributed by atoms with Crippen molar-refractivity contribution in [3.63, 3.8) is 0 Å². The van der Waals surface area contributed by atoms with Crippen molar-refractivity contribution in [2.45, 2.75) is 39.7 Å². The maximum atomic E-state index is 9.60. The van der Waals surface area contributed by atoms with Gasteiger partial charge in [-0.2, -0.15) is 0 Å². The average Bonchev–Trinajstić information content (AvgIpc) is 2.10. The number of aliphatic hydroxyl groups is 1. The summed E-state index contributed by atoms with van der Waals surface area (Å²) in [4.78, 5) is 2.34. The van der Waals surface area contributed by atoms with Crippen LogP contribution in [-0.4, -0.2) is 41.8 Å². The molecule has 3 N–H and O–H groups in total. The third kappa shape index (κ3) is 7.30. The molecule has 0 aliphatic rings. The third-order valence-electron chi connectivity index (χ3n) is 2.46. The Bertz CT molecular complexity index is 143. The Balaban J connectivity index is 3.80. The quantitative estimate of drug-likeness (QED) is 0.649. The minimum atomic E-state index is -0.556. The standard InChI is InChI=1S/C11H26N2O/c1-5-13(9-10(2)8-12)7-6-11(3,4)14/h10,14H,5-9,12H2,1-4H3. The lowest BCUT2D eigenvalue weighted by molar-refractivity contribution is 0.0566. The van der Waals surface area contributed by atoms with Gasteiger partial charge in [0.2, 0.25) is 0 Å². The van der Waals surface area contributed by atoms with E-state index < -0.39 is 5.60 Å². The lowest BCUT2D eigenvalue weighted by Crippen LogP contribution is -2.35. The van der Waals surface area contributed by atoms with Crippen LogP contribution in [-0.2, 0) is 0 Å². The molecule has 0 aliphatic carbocycles. The fourth-order valence-corrected chi connectivity index (χ4v) is 1.33. The highest BCUT2D eigenvalue weighted by Crippen LogP contribution is 2.09. The van der Waals surface area contributed by atoms with Gasteiger partial charge in [-0.25, -0.2) is 0 Å². The Morgan fingerprint density at radius 1 is 1.43 bits per heavy atom. The van der Waals surface area contributed by atoms with Crippen LogP contribution < -0.4 is 5.73 Å². The van der Waals surface area contributed by atoms with Gasteiger partial charge in [0, 0.05) is 13.1 Å². The van der Waals surface area contributed by atoms with Gasteiger partial charge in [-0.05, 0) is 39.3 Å². The van der Waals surface area contributed by atoms with Gasteiger partial charge in [0.25, 0.3) is 0 Å². The molecule has 0 aromatic carbocycles. The summed E-state index contributed by atoms with van der Waals surface area (Å²) in [6.07, 6.45) is 0.818. The molecule has 3 nitrogen and oxygen atoms in total. The second-order valence-corrected chi connectivity index (χ2v) is 4.80. The van der Waals surface area contributed by atoms with Gasteiger partial charge in [-0.3, -0.25) is 0 Å². The molecule has 0 saturated carbocycles. The van der Waals surface area contributed by atoms with Crippen LogP contribution in [0.1, 0.15) is 34.1 Å². The maximum absolute atomic E-state index is 9.60. The summed E-state index contributed by atoms with van der Waals surface area (Å²) >= 11 is 0. The molecule has 3 heteroatoms. The monoisotopic (exact) mass is 202 g/mol. The van der Waals surface area contributed by atoms with E-state index >= 15 is 0 Å². The molecule has 0 aliphatic heterocycles. The van der Waals surface area contributed by atoms with Crippen molar-refractivity contribution in [3.8, 4) is 0 Å². The zero-order chi connectivity index (χ0) is 11.2. The van der Waals surface area contributed by atoms with Crippen LogP contribution >= 0.6 is 0 Å². The lowest BCUT2D eigenvalue weighted by Gasteiger charge is -2.26. The van der Waals surface area contributed by atoms with Crippen molar-refractivity contribution in [2.75, 3.05) is 26.2 Å². The Hall–Kier alpha value is -0.120. The van der Waals surface area contributed by atoms with E-state index in [2.05, 4.69) is 18.7 Å². The molecule has 0 heterocycles. The summed E-state index contributed by atoms with van der Waals surface area (Å²) in [7, 11) is 0. The number of nitrogens with zero attached hydrogens (tertiary/aromatic N) is 1. The summed E-state index contributed by atoms with van der Waals surface area (Å²) in [5.41, 5.74) is 5.02. The van der Waals surface area contributed by atoms with Gasteiger partial charge in [0.1, 0.15) is 0 Å². The molecule has 0 spiro atoms. The predicted octanol–water partition coefficient (Wildman–Crippen LogP) is 1.06. The number of rotatable bonds is 7. The van der Waals surface area contributed by atoms with Gasteiger partial charge < -0.3 is 15.7 Å². The molecule has 86 valence electrons. The smallest absolute Gasteiger partial charge is 0.0603 e. The largest absolute Gasteiger partial charge is 0.390 e. The molecule has 0 rings (SSSR count). The first kappa shape index (κ1) is 13.9. The van der Waals surface area contributed by atoms with Crippen LogP contribution in [0.2, 0.25) is 0 Å². The lowest BCUT2D eigenvalue weighted by atomic mass is 10.0. The highest BCUT2D eigenvalue weighted by molar-refractivity contribution is 4.69. The van der Waals surface area contributed by atoms with Crippen molar-refractivity contribution in [3.05, 3.63) is 0 Å². The van der Waals surface area contributed by atoms with E-state index in [4.69, 9.17) is 5.73 Å². The van der Waals surface area contributed by atoms with Crippen molar-refractivity contribution in [2.24, 2.45) is 11.7 Å². The van der Waals surface area contributed by atoms with Crippen molar-refractivity contribution >= 4 is 0 Å². The molecule has 0 saturated heterocycles. The molecular weight excluding hydrogens is 176 g/mol. The van der Waals surface area contributed by atoms with Gasteiger partial charge in [0.05, 0.1) is 5.60 Å². The molecule has 0 bridgehead atoms. The number of hydrogen-bond acceptors (Lipinski definition) is 3. The molecule has 1 atom stereocenters. The summed E-state index contributed by atoms with van der Waals surface area (Å²) in [5.74, 6) is 0.539. The van der Waals surface area contributed by atoms with Gasteiger partial charge in [0.15, 0.2) is 0 Å². The van der Waals surface area contributed by atoms with Gasteiger partial charge >= 0.3 is 0 Å². The highest BCUT2D eigenvalue weighted by atomic mass is 16.3. The Kier molecular flexibility index (Phi) is 6.33. The summed E-state index contributed by atoms with van der Waals surface area (Å²) in [6, 6.07) is 0. The summed E-state index contributed by atoms with van der Waals surface area (Å²) in [6.45, 7) is 11.8. The molecule has 14 heavy (non-hydrogen) atoms. The van der Waals surface area contributed by atoms with Crippen LogP contribution in [0.25, 0.3) is 0 Å². The third-order valence-corrected chi connectivity index (χ3v) is 2.46. The minimum absolute atomic E-state index is 0.539. The Morgan fingerprint density at radius 3 is 2.36 bits per heavy atom. The fraction of sp³-hybridized carbons (Fsp3) is 1.00. The van der Waals surface area contributed by atoms with E-state index in [9.17, 15) is 5.11 Å².